The van der Waals surface area contributed by atoms with Crippen molar-refractivity contribution in [1.82, 2.24) is 19.7 Å². The molecule has 2 N–H and O–H groups in total. The van der Waals surface area contributed by atoms with Crippen LogP contribution in [0.1, 0.15) is 10.4 Å². The minimum atomic E-state index is -0.277. The SMILES string of the molecule is O=C(Nc1nc(Nc2nccc3ccccc23)n(-c2ccccc2)n1)c1ccccc1. The van der Waals surface area contributed by atoms with Gasteiger partial charge in [0.15, 0.2) is 0 Å². The number of anilines is 3. The van der Waals surface area contributed by atoms with Crippen molar-refractivity contribution in [2.24, 2.45) is 0 Å². The lowest BCUT2D eigenvalue weighted by Gasteiger charge is -2.09. The third kappa shape index (κ3) is 3.84. The summed E-state index contributed by atoms with van der Waals surface area (Å²) in [6, 6.07) is 28.5. The van der Waals surface area contributed by atoms with Crippen LogP contribution in [-0.4, -0.2) is 25.7 Å². The van der Waals surface area contributed by atoms with E-state index in [-0.39, 0.29) is 11.9 Å². The first-order chi connectivity index (χ1) is 15.3. The number of nitrogens with one attached hydrogen (secondary N) is 2. The van der Waals surface area contributed by atoms with Crippen LogP contribution in [0.5, 0.6) is 0 Å². The quantitative estimate of drug-likeness (QED) is 0.437. The van der Waals surface area contributed by atoms with Crippen LogP contribution in [0.4, 0.5) is 17.7 Å². The van der Waals surface area contributed by atoms with E-state index in [1.807, 2.05) is 78.9 Å². The van der Waals surface area contributed by atoms with E-state index in [4.69, 9.17) is 0 Å². The molecule has 7 nitrogen and oxygen atoms in total. The van der Waals surface area contributed by atoms with E-state index in [2.05, 4.69) is 25.7 Å². The molecule has 0 aliphatic carbocycles. The zero-order chi connectivity index (χ0) is 21.0. The van der Waals surface area contributed by atoms with Gasteiger partial charge in [0, 0.05) is 17.1 Å². The van der Waals surface area contributed by atoms with Crippen molar-refractivity contribution in [2.45, 2.75) is 0 Å². The monoisotopic (exact) mass is 406 g/mol. The van der Waals surface area contributed by atoms with Crippen molar-refractivity contribution < 1.29 is 4.79 Å². The molecule has 0 saturated heterocycles. The summed E-state index contributed by atoms with van der Waals surface area (Å²) >= 11 is 0. The Kier molecular flexibility index (Phi) is 4.82. The second kappa shape index (κ2) is 8.08. The Morgan fingerprint density at radius 1 is 0.806 bits per heavy atom. The highest BCUT2D eigenvalue weighted by molar-refractivity contribution is 6.03. The standard InChI is InChI=1S/C24H18N6O/c31-22(18-10-3-1-4-11-18)27-23-28-24(30(29-23)19-12-5-2-6-13-19)26-21-20-14-8-7-9-17(20)15-16-25-21/h1-16H,(H2,25,26,27,28,29,31). The molecule has 150 valence electrons. The zero-order valence-electron chi connectivity index (χ0n) is 16.4. The summed E-state index contributed by atoms with van der Waals surface area (Å²) in [5.41, 5.74) is 1.33. The lowest BCUT2D eigenvalue weighted by atomic mass is 10.1. The highest BCUT2D eigenvalue weighted by Gasteiger charge is 2.16. The fourth-order valence-electron chi connectivity index (χ4n) is 3.28. The third-order valence-corrected chi connectivity index (χ3v) is 4.77. The van der Waals surface area contributed by atoms with Crippen molar-refractivity contribution in [1.29, 1.82) is 0 Å². The normalized spacial score (nSPS) is 10.7. The van der Waals surface area contributed by atoms with Crippen LogP contribution in [0.2, 0.25) is 0 Å². The van der Waals surface area contributed by atoms with Crippen LogP contribution in [0.3, 0.4) is 0 Å². The van der Waals surface area contributed by atoms with Crippen molar-refractivity contribution in [3.05, 3.63) is 103 Å². The van der Waals surface area contributed by atoms with Gasteiger partial charge >= 0.3 is 0 Å². The molecule has 1 amide bonds. The summed E-state index contributed by atoms with van der Waals surface area (Å²) in [6.07, 6.45) is 1.74. The molecule has 31 heavy (non-hydrogen) atoms. The topological polar surface area (TPSA) is 84.7 Å². The molecular weight excluding hydrogens is 388 g/mol. The summed E-state index contributed by atoms with van der Waals surface area (Å²) in [6.45, 7) is 0. The number of para-hydroxylation sites is 1. The highest BCUT2D eigenvalue weighted by atomic mass is 16.1. The van der Waals surface area contributed by atoms with Crippen molar-refractivity contribution >= 4 is 34.4 Å². The van der Waals surface area contributed by atoms with Gasteiger partial charge in [-0.2, -0.15) is 9.67 Å². The van der Waals surface area contributed by atoms with Gasteiger partial charge in [-0.05, 0) is 35.7 Å². The van der Waals surface area contributed by atoms with Crippen LogP contribution in [0.25, 0.3) is 16.5 Å². The molecule has 0 aliphatic rings. The van der Waals surface area contributed by atoms with Crippen LogP contribution >= 0.6 is 0 Å². The Bertz CT molecular complexity index is 1340. The number of carbonyl (C=O) groups excluding carboxylic acids is 1. The highest BCUT2D eigenvalue weighted by Crippen LogP contribution is 2.25. The number of hydrogen-bond acceptors (Lipinski definition) is 5. The van der Waals surface area contributed by atoms with Gasteiger partial charge in [0.25, 0.3) is 11.9 Å². The predicted molar refractivity (Wildman–Crippen MR) is 121 cm³/mol. The summed E-state index contributed by atoms with van der Waals surface area (Å²) in [5.74, 6) is 1.02. The third-order valence-electron chi connectivity index (χ3n) is 4.77. The van der Waals surface area contributed by atoms with Gasteiger partial charge in [-0.3, -0.25) is 10.1 Å². The molecule has 2 heterocycles. The van der Waals surface area contributed by atoms with E-state index < -0.39 is 0 Å². The molecule has 0 aliphatic heterocycles. The fourth-order valence-corrected chi connectivity index (χ4v) is 3.28. The lowest BCUT2D eigenvalue weighted by molar-refractivity contribution is 0.102. The molecule has 0 bridgehead atoms. The van der Waals surface area contributed by atoms with E-state index in [1.165, 1.54) is 0 Å². The van der Waals surface area contributed by atoms with E-state index >= 15 is 0 Å². The summed E-state index contributed by atoms with van der Waals surface area (Å²) in [7, 11) is 0. The van der Waals surface area contributed by atoms with Gasteiger partial charge in [-0.25, -0.2) is 4.98 Å². The molecule has 0 radical (unpaired) electrons. The summed E-state index contributed by atoms with van der Waals surface area (Å²) in [5, 5.41) is 12.6. The summed E-state index contributed by atoms with van der Waals surface area (Å²) in [4.78, 5) is 21.6. The zero-order valence-corrected chi connectivity index (χ0v) is 16.4. The maximum absolute atomic E-state index is 12.6. The maximum Gasteiger partial charge on any atom is 0.258 e. The van der Waals surface area contributed by atoms with Crippen LogP contribution in [0, 0.1) is 0 Å². The molecule has 0 saturated carbocycles. The van der Waals surface area contributed by atoms with Crippen molar-refractivity contribution in [3.63, 3.8) is 0 Å². The molecular formula is C24H18N6O. The molecule has 5 aromatic rings. The summed E-state index contributed by atoms with van der Waals surface area (Å²) < 4.78 is 1.64. The molecule has 5 rings (SSSR count). The fraction of sp³-hybridized carbons (Fsp3) is 0. The number of carbonyl (C=O) groups is 1. The Balaban J connectivity index is 1.53. The number of hydrogen-bond donors (Lipinski definition) is 2. The molecule has 0 fully saturated rings. The lowest BCUT2D eigenvalue weighted by Crippen LogP contribution is -2.13. The number of amides is 1. The largest absolute Gasteiger partial charge is 0.308 e. The van der Waals surface area contributed by atoms with Gasteiger partial charge in [-0.1, -0.05) is 60.7 Å². The molecule has 0 atom stereocenters. The Morgan fingerprint density at radius 3 is 2.32 bits per heavy atom. The molecule has 0 unspecified atom stereocenters. The number of fused-ring (bicyclic) bond motifs is 1. The van der Waals surface area contributed by atoms with Gasteiger partial charge < -0.3 is 5.32 Å². The average molecular weight is 406 g/mol. The molecule has 0 spiro atoms. The second-order valence-corrected chi connectivity index (χ2v) is 6.83. The predicted octanol–water partition coefficient (Wildman–Crippen LogP) is 4.81. The molecule has 3 aromatic carbocycles. The number of nitrogens with zero attached hydrogens (tertiary/aromatic N) is 4. The van der Waals surface area contributed by atoms with Gasteiger partial charge in [0.05, 0.1) is 5.69 Å². The van der Waals surface area contributed by atoms with E-state index in [0.29, 0.717) is 17.3 Å². The van der Waals surface area contributed by atoms with Crippen LogP contribution in [0.15, 0.2) is 97.2 Å². The number of rotatable bonds is 5. The first-order valence-electron chi connectivity index (χ1n) is 9.77. The Morgan fingerprint density at radius 2 is 1.52 bits per heavy atom. The van der Waals surface area contributed by atoms with E-state index in [1.54, 1.807) is 23.0 Å². The van der Waals surface area contributed by atoms with Gasteiger partial charge in [0.1, 0.15) is 5.82 Å². The minimum absolute atomic E-state index is 0.195. The van der Waals surface area contributed by atoms with Crippen molar-refractivity contribution in [3.8, 4) is 5.69 Å². The first kappa shape index (κ1) is 18.5. The first-order valence-corrected chi connectivity index (χ1v) is 9.77. The number of aromatic nitrogens is 4. The second-order valence-electron chi connectivity index (χ2n) is 6.83. The maximum atomic E-state index is 12.6. The Hall–Kier alpha value is -4.52. The molecule has 2 aromatic heterocycles. The van der Waals surface area contributed by atoms with E-state index in [0.717, 1.165) is 16.5 Å². The molecule has 7 heteroatoms. The minimum Gasteiger partial charge on any atom is -0.308 e. The smallest absolute Gasteiger partial charge is 0.258 e. The van der Waals surface area contributed by atoms with Crippen molar-refractivity contribution in [2.75, 3.05) is 10.6 Å². The van der Waals surface area contributed by atoms with Gasteiger partial charge in [-0.15, -0.1) is 5.10 Å². The average Bonchev–Trinajstić information content (AvgIpc) is 3.22. The van der Waals surface area contributed by atoms with Gasteiger partial charge in [0.2, 0.25) is 5.95 Å². The Labute approximate surface area is 178 Å². The number of pyridine rings is 1. The van der Waals surface area contributed by atoms with Crippen LogP contribution < -0.4 is 10.6 Å². The van der Waals surface area contributed by atoms with E-state index in [9.17, 15) is 4.79 Å². The number of benzene rings is 3. The van der Waals surface area contributed by atoms with Crippen LogP contribution in [-0.2, 0) is 0 Å².